The summed E-state index contributed by atoms with van der Waals surface area (Å²) >= 11 is 0. The van der Waals surface area contributed by atoms with E-state index in [1.165, 1.54) is 0 Å². The number of benzene rings is 1. The van der Waals surface area contributed by atoms with Crippen LogP contribution in [0.25, 0.3) is 11.0 Å². The van der Waals surface area contributed by atoms with Crippen molar-refractivity contribution in [3.05, 3.63) is 36.1 Å². The third kappa shape index (κ3) is 1.15. The molecule has 1 fully saturated rings. The maximum Gasteiger partial charge on any atom is 0.134 e. The molecule has 1 aromatic heterocycles. The highest BCUT2D eigenvalue weighted by atomic mass is 16.3. The molecule has 1 N–H and O–H groups in total. The minimum atomic E-state index is -0.335. The van der Waals surface area contributed by atoms with Crippen LogP contribution in [0.5, 0.6) is 0 Å². The molecule has 3 rings (SSSR count). The van der Waals surface area contributed by atoms with Crippen molar-refractivity contribution in [1.29, 1.82) is 0 Å². The number of hydrogen-bond donors (Lipinski definition) is 1. The lowest BCUT2D eigenvalue weighted by molar-refractivity contribution is 0.154. The van der Waals surface area contributed by atoms with Crippen LogP contribution in [-0.4, -0.2) is 5.11 Å². The zero-order valence-electron chi connectivity index (χ0n) is 7.81. The van der Waals surface area contributed by atoms with Crippen LogP contribution in [0.4, 0.5) is 0 Å². The molecule has 72 valence electrons. The average Bonchev–Trinajstić information content (AvgIpc) is 2.97. The Kier molecular flexibility index (Phi) is 1.64. The predicted octanol–water partition coefficient (Wildman–Crippen LogP) is 2.88. The summed E-state index contributed by atoms with van der Waals surface area (Å²) in [5, 5.41) is 11.0. The van der Waals surface area contributed by atoms with Crippen LogP contribution in [-0.2, 0) is 0 Å². The number of fused-ring (bicyclic) bond motifs is 1. The van der Waals surface area contributed by atoms with Gasteiger partial charge in [-0.25, -0.2) is 0 Å². The quantitative estimate of drug-likeness (QED) is 0.786. The lowest BCUT2D eigenvalue weighted by Gasteiger charge is -2.05. The van der Waals surface area contributed by atoms with Gasteiger partial charge in [-0.2, -0.15) is 0 Å². The van der Waals surface area contributed by atoms with E-state index in [0.717, 1.165) is 29.4 Å². The van der Waals surface area contributed by atoms with Crippen molar-refractivity contribution < 1.29 is 9.52 Å². The highest BCUT2D eigenvalue weighted by molar-refractivity contribution is 5.81. The van der Waals surface area contributed by atoms with Gasteiger partial charge in [0.05, 0.1) is 12.4 Å². The fourth-order valence-electron chi connectivity index (χ4n) is 1.89. The lowest BCUT2D eigenvalue weighted by atomic mass is 10.0. The molecule has 0 saturated heterocycles. The van der Waals surface area contributed by atoms with Crippen molar-refractivity contribution in [3.8, 4) is 0 Å². The molecule has 1 unspecified atom stereocenters. The fourth-order valence-corrected chi connectivity index (χ4v) is 1.89. The summed E-state index contributed by atoms with van der Waals surface area (Å²) in [5.74, 6) is 0.455. The second kappa shape index (κ2) is 2.85. The van der Waals surface area contributed by atoms with E-state index in [9.17, 15) is 5.11 Å². The van der Waals surface area contributed by atoms with E-state index in [0.29, 0.717) is 5.92 Å². The Hall–Kier alpha value is -1.28. The van der Waals surface area contributed by atoms with E-state index in [2.05, 4.69) is 0 Å². The molecule has 1 heterocycles. The van der Waals surface area contributed by atoms with Gasteiger partial charge in [0.25, 0.3) is 0 Å². The van der Waals surface area contributed by atoms with E-state index < -0.39 is 0 Å². The first-order valence-corrected chi connectivity index (χ1v) is 5.00. The van der Waals surface area contributed by atoms with E-state index in [1.807, 2.05) is 24.3 Å². The Morgan fingerprint density at radius 3 is 2.86 bits per heavy atom. The SMILES string of the molecule is OC(c1coc2ccccc12)C1CC1. The summed E-state index contributed by atoms with van der Waals surface area (Å²) < 4.78 is 5.39. The molecule has 14 heavy (non-hydrogen) atoms. The zero-order valence-corrected chi connectivity index (χ0v) is 7.81. The average molecular weight is 188 g/mol. The molecule has 1 aliphatic rings. The standard InChI is InChI=1S/C12H12O2/c13-12(8-5-6-8)10-7-14-11-4-2-1-3-9(10)11/h1-4,7-8,12-13H,5-6H2. The maximum absolute atomic E-state index is 9.99. The lowest BCUT2D eigenvalue weighted by Crippen LogP contribution is -1.97. The van der Waals surface area contributed by atoms with Crippen molar-refractivity contribution in [2.45, 2.75) is 18.9 Å². The molecule has 1 aromatic carbocycles. The Labute approximate surface area is 82.2 Å². The van der Waals surface area contributed by atoms with Gasteiger partial charge in [0, 0.05) is 10.9 Å². The number of furan rings is 1. The highest BCUT2D eigenvalue weighted by Crippen LogP contribution is 2.43. The Morgan fingerprint density at radius 2 is 2.07 bits per heavy atom. The van der Waals surface area contributed by atoms with Gasteiger partial charge < -0.3 is 9.52 Å². The predicted molar refractivity (Wildman–Crippen MR) is 53.9 cm³/mol. The third-order valence-electron chi connectivity index (χ3n) is 2.90. The summed E-state index contributed by atoms with van der Waals surface area (Å²) in [5.41, 5.74) is 1.81. The molecule has 0 amide bonds. The number of rotatable bonds is 2. The van der Waals surface area contributed by atoms with E-state index >= 15 is 0 Å². The molecule has 0 bridgehead atoms. The third-order valence-corrected chi connectivity index (χ3v) is 2.90. The second-order valence-corrected chi connectivity index (χ2v) is 3.97. The number of aliphatic hydroxyl groups is 1. The van der Waals surface area contributed by atoms with Crippen molar-refractivity contribution in [2.24, 2.45) is 5.92 Å². The summed E-state index contributed by atoms with van der Waals surface area (Å²) in [7, 11) is 0. The van der Waals surface area contributed by atoms with Gasteiger partial charge in [0.1, 0.15) is 5.58 Å². The molecular formula is C12H12O2. The summed E-state index contributed by atoms with van der Waals surface area (Å²) in [6.07, 6.45) is 3.63. The maximum atomic E-state index is 9.99. The van der Waals surface area contributed by atoms with Crippen LogP contribution in [0.15, 0.2) is 34.9 Å². The molecule has 1 aliphatic carbocycles. The van der Waals surface area contributed by atoms with Crippen LogP contribution in [0.2, 0.25) is 0 Å². The zero-order chi connectivity index (χ0) is 9.54. The first kappa shape index (κ1) is 8.06. The van der Waals surface area contributed by atoms with Gasteiger partial charge in [-0.1, -0.05) is 18.2 Å². The minimum Gasteiger partial charge on any atom is -0.464 e. The molecule has 1 atom stereocenters. The summed E-state index contributed by atoms with van der Waals surface area (Å²) in [6, 6.07) is 7.85. The first-order valence-electron chi connectivity index (χ1n) is 5.00. The monoisotopic (exact) mass is 188 g/mol. The number of aliphatic hydroxyl groups excluding tert-OH is 1. The van der Waals surface area contributed by atoms with Gasteiger partial charge >= 0.3 is 0 Å². The minimum absolute atomic E-state index is 0.335. The molecule has 2 aromatic rings. The van der Waals surface area contributed by atoms with Crippen molar-refractivity contribution in [2.75, 3.05) is 0 Å². The number of hydrogen-bond acceptors (Lipinski definition) is 2. The largest absolute Gasteiger partial charge is 0.464 e. The second-order valence-electron chi connectivity index (χ2n) is 3.97. The molecule has 0 radical (unpaired) electrons. The Bertz CT molecular complexity index is 454. The fraction of sp³-hybridized carbons (Fsp3) is 0.333. The summed E-state index contributed by atoms with van der Waals surface area (Å²) in [6.45, 7) is 0. The number of para-hydroxylation sites is 1. The Morgan fingerprint density at radius 1 is 1.29 bits per heavy atom. The van der Waals surface area contributed by atoms with Crippen LogP contribution in [0.3, 0.4) is 0 Å². The van der Waals surface area contributed by atoms with Crippen LogP contribution in [0, 0.1) is 5.92 Å². The van der Waals surface area contributed by atoms with E-state index in [1.54, 1.807) is 6.26 Å². The Balaban J connectivity index is 2.11. The van der Waals surface area contributed by atoms with Gasteiger partial charge in [0.15, 0.2) is 0 Å². The van der Waals surface area contributed by atoms with Gasteiger partial charge in [-0.3, -0.25) is 0 Å². The molecule has 0 aliphatic heterocycles. The van der Waals surface area contributed by atoms with Crippen LogP contribution in [0.1, 0.15) is 24.5 Å². The highest BCUT2D eigenvalue weighted by Gasteiger charge is 2.32. The van der Waals surface area contributed by atoms with Crippen molar-refractivity contribution >= 4 is 11.0 Å². The smallest absolute Gasteiger partial charge is 0.134 e. The molecule has 1 saturated carbocycles. The molecule has 2 heteroatoms. The van der Waals surface area contributed by atoms with Gasteiger partial charge in [0.2, 0.25) is 0 Å². The van der Waals surface area contributed by atoms with Crippen LogP contribution >= 0.6 is 0 Å². The summed E-state index contributed by atoms with van der Waals surface area (Å²) in [4.78, 5) is 0. The molecule has 0 spiro atoms. The van der Waals surface area contributed by atoms with Gasteiger partial charge in [-0.15, -0.1) is 0 Å². The molecular weight excluding hydrogens is 176 g/mol. The van der Waals surface area contributed by atoms with Crippen LogP contribution < -0.4 is 0 Å². The first-order chi connectivity index (χ1) is 6.86. The topological polar surface area (TPSA) is 33.4 Å². The van der Waals surface area contributed by atoms with E-state index in [-0.39, 0.29) is 6.10 Å². The van der Waals surface area contributed by atoms with Crippen molar-refractivity contribution in [3.63, 3.8) is 0 Å². The van der Waals surface area contributed by atoms with Gasteiger partial charge in [-0.05, 0) is 24.8 Å². The van der Waals surface area contributed by atoms with Crippen molar-refractivity contribution in [1.82, 2.24) is 0 Å². The van der Waals surface area contributed by atoms with E-state index in [4.69, 9.17) is 4.42 Å². The molecule has 2 nitrogen and oxygen atoms in total. The normalized spacial score (nSPS) is 18.6.